The van der Waals surface area contributed by atoms with Crippen molar-refractivity contribution in [2.45, 2.75) is 67.5 Å². The van der Waals surface area contributed by atoms with Gasteiger partial charge in [0.15, 0.2) is 0 Å². The lowest BCUT2D eigenvalue weighted by atomic mass is 9.96. The maximum Gasteiger partial charge on any atom is 0.248 e. The summed E-state index contributed by atoms with van der Waals surface area (Å²) in [7, 11) is -7.02. The Morgan fingerprint density at radius 3 is 2.19 bits per heavy atom. The molecule has 1 aliphatic carbocycles. The Morgan fingerprint density at radius 2 is 1.60 bits per heavy atom. The van der Waals surface area contributed by atoms with Crippen molar-refractivity contribution in [3.63, 3.8) is 0 Å². The van der Waals surface area contributed by atoms with Gasteiger partial charge in [-0.3, -0.25) is 9.59 Å². The first-order valence-electron chi connectivity index (χ1n) is 13.5. The predicted molar refractivity (Wildman–Crippen MR) is 157 cm³/mol. The van der Waals surface area contributed by atoms with Crippen molar-refractivity contribution in [1.29, 1.82) is 0 Å². The van der Waals surface area contributed by atoms with Crippen molar-refractivity contribution >= 4 is 55.1 Å². The Bertz CT molecular complexity index is 1600. The Kier molecular flexibility index (Phi) is 8.56. The van der Waals surface area contributed by atoms with E-state index in [-0.39, 0.29) is 40.6 Å². The lowest BCUT2D eigenvalue weighted by Crippen LogP contribution is -2.76. The van der Waals surface area contributed by atoms with E-state index in [9.17, 15) is 26.4 Å². The van der Waals surface area contributed by atoms with Gasteiger partial charge < -0.3 is 14.5 Å². The number of ether oxygens (including phenoxy) is 1. The van der Waals surface area contributed by atoms with Crippen molar-refractivity contribution < 1.29 is 31.2 Å². The first-order chi connectivity index (χ1) is 19.7. The first-order valence-corrected chi connectivity index (χ1v) is 17.2. The van der Waals surface area contributed by atoms with Gasteiger partial charge in [0.25, 0.3) is 0 Å². The topological polar surface area (TPSA) is 133 Å². The molecule has 42 heavy (non-hydrogen) atoms. The number of hydrogen-bond donors (Lipinski definition) is 1. The van der Waals surface area contributed by atoms with Crippen LogP contribution in [-0.2, 0) is 36.1 Å². The van der Waals surface area contributed by atoms with E-state index in [2.05, 4.69) is 4.72 Å². The Morgan fingerprint density at radius 1 is 0.952 bits per heavy atom. The van der Waals surface area contributed by atoms with E-state index >= 15 is 0 Å². The molecule has 5 rings (SSSR count). The summed E-state index contributed by atoms with van der Waals surface area (Å²) >= 11 is 12.2. The van der Waals surface area contributed by atoms with E-state index in [1.165, 1.54) is 30.2 Å². The van der Waals surface area contributed by atoms with E-state index in [1.54, 1.807) is 29.2 Å². The van der Waals surface area contributed by atoms with Crippen molar-refractivity contribution in [1.82, 2.24) is 18.8 Å². The highest BCUT2D eigenvalue weighted by Gasteiger charge is 2.55. The average molecular weight is 660 g/mol. The maximum atomic E-state index is 14.4. The van der Waals surface area contributed by atoms with Crippen LogP contribution < -0.4 is 9.46 Å². The van der Waals surface area contributed by atoms with Gasteiger partial charge in [-0.05, 0) is 62.6 Å². The van der Waals surface area contributed by atoms with Crippen LogP contribution in [0.4, 0.5) is 0 Å². The van der Waals surface area contributed by atoms with Crippen LogP contribution >= 0.6 is 23.2 Å². The van der Waals surface area contributed by atoms with Crippen molar-refractivity contribution in [3.05, 3.63) is 58.1 Å². The monoisotopic (exact) mass is 658 g/mol. The highest BCUT2D eigenvalue weighted by Crippen LogP contribution is 2.37. The molecule has 0 bridgehead atoms. The lowest BCUT2D eigenvalue weighted by molar-refractivity contribution is -0.168. The quantitative estimate of drug-likeness (QED) is 0.438. The van der Waals surface area contributed by atoms with Crippen LogP contribution in [-0.4, -0.2) is 92.5 Å². The summed E-state index contributed by atoms with van der Waals surface area (Å²) in [6.45, 7) is 3.03. The summed E-state index contributed by atoms with van der Waals surface area (Å²) in [6, 6.07) is 8.08. The first kappa shape index (κ1) is 31.0. The fraction of sp³-hybridized carbons (Fsp3) is 0.481. The van der Waals surface area contributed by atoms with Crippen LogP contribution in [0.3, 0.4) is 0 Å². The molecule has 3 aliphatic rings. The molecule has 2 aromatic rings. The van der Waals surface area contributed by atoms with Gasteiger partial charge in [0.05, 0.1) is 18.9 Å². The van der Waals surface area contributed by atoms with Gasteiger partial charge in [-0.15, -0.1) is 0 Å². The third kappa shape index (κ3) is 5.87. The third-order valence-corrected chi connectivity index (χ3v) is 12.1. The summed E-state index contributed by atoms with van der Waals surface area (Å²) < 4.78 is 63.5. The number of methoxy groups -OCH3 is 1. The van der Waals surface area contributed by atoms with E-state index in [1.807, 2.05) is 13.8 Å². The number of nitrogens with one attached hydrogen (secondary N) is 1. The zero-order chi connectivity index (χ0) is 30.6. The van der Waals surface area contributed by atoms with E-state index in [0.29, 0.717) is 23.4 Å². The molecular formula is C27H32Cl2N4O7S2. The summed E-state index contributed by atoms with van der Waals surface area (Å²) in [6.07, 6.45) is -0.153. The van der Waals surface area contributed by atoms with Gasteiger partial charge in [0.2, 0.25) is 31.9 Å². The number of carbonyl (C=O) groups excluding carboxylic acids is 2. The molecule has 1 saturated carbocycles. The molecule has 2 saturated heterocycles. The van der Waals surface area contributed by atoms with Gasteiger partial charge in [-0.2, -0.15) is 4.31 Å². The molecule has 15 heteroatoms. The number of rotatable bonds is 9. The minimum Gasteiger partial charge on any atom is -0.495 e. The standard InChI is InChI=1S/C27H32Cl2N4O7S2/c1-16(2)31-15-25-32(42(38,39)24-13-19(29)8-11-23(24)40-3)14-21(30-41(36,37)20-9-10-20)26(34)33(25)22(27(31)35)12-17-4-6-18(28)7-5-17/h4-8,11,13,16,20-22,25,30H,9-10,12,14-15H2,1-3H3. The number of carbonyl (C=O) groups is 2. The van der Waals surface area contributed by atoms with E-state index in [0.717, 1.165) is 4.31 Å². The molecule has 2 heterocycles. The highest BCUT2D eigenvalue weighted by molar-refractivity contribution is 7.90. The van der Waals surface area contributed by atoms with Crippen LogP contribution in [0.2, 0.25) is 10.0 Å². The Hall–Kier alpha value is -2.42. The lowest BCUT2D eigenvalue weighted by Gasteiger charge is -2.54. The molecule has 228 valence electrons. The molecule has 2 aliphatic heterocycles. The van der Waals surface area contributed by atoms with Gasteiger partial charge in [-0.25, -0.2) is 21.6 Å². The third-order valence-electron chi connectivity index (χ3n) is 7.78. The number of sulfonamides is 2. The second-order valence-corrected chi connectivity index (χ2v) is 15.7. The number of benzene rings is 2. The Balaban J connectivity index is 1.64. The molecule has 3 unspecified atom stereocenters. The number of nitrogens with zero attached hydrogens (tertiary/aromatic N) is 3. The smallest absolute Gasteiger partial charge is 0.248 e. The molecule has 2 aromatic carbocycles. The largest absolute Gasteiger partial charge is 0.495 e. The van der Waals surface area contributed by atoms with Crippen LogP contribution in [0.15, 0.2) is 47.4 Å². The number of fused-ring (bicyclic) bond motifs is 1. The zero-order valence-corrected chi connectivity index (χ0v) is 26.4. The van der Waals surface area contributed by atoms with Gasteiger partial charge in [-0.1, -0.05) is 35.3 Å². The van der Waals surface area contributed by atoms with Crippen molar-refractivity contribution in [2.75, 3.05) is 20.2 Å². The molecule has 0 aromatic heterocycles. The average Bonchev–Trinajstić information content (AvgIpc) is 3.79. The van der Waals surface area contributed by atoms with Crippen molar-refractivity contribution in [2.24, 2.45) is 0 Å². The second kappa shape index (κ2) is 11.6. The Labute approximate surface area is 255 Å². The predicted octanol–water partition coefficient (Wildman–Crippen LogP) is 2.47. The van der Waals surface area contributed by atoms with Gasteiger partial charge in [0.1, 0.15) is 28.9 Å². The molecule has 3 atom stereocenters. The molecule has 1 N–H and O–H groups in total. The second-order valence-electron chi connectivity index (χ2n) is 10.9. The molecular weight excluding hydrogens is 627 g/mol. The van der Waals surface area contributed by atoms with E-state index in [4.69, 9.17) is 27.9 Å². The minimum atomic E-state index is -4.44. The molecule has 11 nitrogen and oxygen atoms in total. The highest BCUT2D eigenvalue weighted by atomic mass is 35.5. The normalized spacial score (nSPS) is 23.8. The van der Waals surface area contributed by atoms with Crippen LogP contribution in [0, 0.1) is 0 Å². The summed E-state index contributed by atoms with van der Waals surface area (Å²) in [5.41, 5.74) is 0.696. The number of hydrogen-bond acceptors (Lipinski definition) is 7. The maximum absolute atomic E-state index is 14.4. The minimum absolute atomic E-state index is 0.0308. The zero-order valence-electron chi connectivity index (χ0n) is 23.2. The van der Waals surface area contributed by atoms with Crippen LogP contribution in [0.5, 0.6) is 5.75 Å². The molecule has 3 fully saturated rings. The molecule has 2 amide bonds. The van der Waals surface area contributed by atoms with Crippen LogP contribution in [0.1, 0.15) is 32.3 Å². The van der Waals surface area contributed by atoms with Crippen LogP contribution in [0.25, 0.3) is 0 Å². The number of halogens is 2. The summed E-state index contributed by atoms with van der Waals surface area (Å²) in [4.78, 5) is 30.5. The SMILES string of the molecule is COc1ccc(Cl)cc1S(=O)(=O)N1CC(NS(=O)(=O)C2CC2)C(=O)N2C(Cc3ccc(Cl)cc3)C(=O)N(C(C)C)CC21. The summed E-state index contributed by atoms with van der Waals surface area (Å²) in [5, 5.41) is -0.00864. The molecule has 0 spiro atoms. The van der Waals surface area contributed by atoms with Gasteiger partial charge >= 0.3 is 0 Å². The fourth-order valence-electron chi connectivity index (χ4n) is 5.45. The summed E-state index contributed by atoms with van der Waals surface area (Å²) in [5.74, 6) is -0.999. The van der Waals surface area contributed by atoms with Crippen molar-refractivity contribution in [3.8, 4) is 5.75 Å². The number of amides is 2. The number of piperazine rings is 1. The fourth-order valence-corrected chi connectivity index (χ4v) is 9.11. The van der Waals surface area contributed by atoms with Gasteiger partial charge in [0, 0.05) is 29.1 Å². The van der Waals surface area contributed by atoms with E-state index < -0.39 is 56.0 Å². The molecule has 0 radical (unpaired) electrons.